The van der Waals surface area contributed by atoms with E-state index in [4.69, 9.17) is 0 Å². The Bertz CT molecular complexity index is 2600. The molecule has 8 heteroatoms. The number of hydrogen-bond acceptors (Lipinski definition) is 8. The summed E-state index contributed by atoms with van der Waals surface area (Å²) < 4.78 is 0. The van der Waals surface area contributed by atoms with Gasteiger partial charge in [0.25, 0.3) is 0 Å². The Hall–Kier alpha value is -0.320. The van der Waals surface area contributed by atoms with Gasteiger partial charge in [-0.3, -0.25) is 19.6 Å². The first-order valence-electron chi connectivity index (χ1n) is 66.3. The van der Waals surface area contributed by atoms with Gasteiger partial charge >= 0.3 is 0 Å². The van der Waals surface area contributed by atoms with Crippen LogP contribution in [0.4, 0.5) is 0 Å². The molecule has 0 N–H and O–H groups in total. The number of likely N-dealkylation sites (tertiary alicyclic amines) is 8. The maximum Gasteiger partial charge on any atom is 0.0125 e. The summed E-state index contributed by atoms with van der Waals surface area (Å²) >= 11 is 0. The van der Waals surface area contributed by atoms with Crippen molar-refractivity contribution in [2.24, 2.45) is 116 Å². The third-order valence-electron chi connectivity index (χ3n) is 35.0. The van der Waals surface area contributed by atoms with Gasteiger partial charge in [-0.15, -0.1) is 0 Å². The van der Waals surface area contributed by atoms with Crippen LogP contribution in [-0.4, -0.2) is 192 Å². The lowest BCUT2D eigenvalue weighted by atomic mass is 9.69. The fraction of sp³-hybridized carbons (Fsp3) is 1.00. The normalized spacial score (nSPS) is 22.2. The molecule has 0 atom stereocenters. The molecule has 0 aromatic carbocycles. The fourth-order valence-electron chi connectivity index (χ4n) is 25.1. The van der Waals surface area contributed by atoms with E-state index in [1.807, 2.05) is 0 Å². The van der Waals surface area contributed by atoms with Crippen LogP contribution in [0.1, 0.15) is 638 Å². The minimum absolute atomic E-state index is 0. The largest absolute Gasteiger partial charge is 0.303 e. The molecule has 0 spiro atoms. The summed E-state index contributed by atoms with van der Waals surface area (Å²) in [6, 6.07) is 0. The van der Waals surface area contributed by atoms with Gasteiger partial charge in [-0.05, 0) is 483 Å². The van der Waals surface area contributed by atoms with Crippen molar-refractivity contribution in [1.82, 2.24) is 39.2 Å². The van der Waals surface area contributed by atoms with Gasteiger partial charge in [0, 0.05) is 48.3 Å². The van der Waals surface area contributed by atoms with Gasteiger partial charge in [-0.1, -0.05) is 375 Å². The van der Waals surface area contributed by atoms with Crippen molar-refractivity contribution < 1.29 is 0 Å². The van der Waals surface area contributed by atoms with Crippen molar-refractivity contribution in [1.29, 1.82) is 0 Å². The minimum Gasteiger partial charge on any atom is -0.303 e. The maximum absolute atomic E-state index is 2.59. The van der Waals surface area contributed by atoms with E-state index in [1.54, 1.807) is 0 Å². The zero-order chi connectivity index (χ0) is 111. The summed E-state index contributed by atoms with van der Waals surface area (Å²) in [5, 5.41) is 0. The van der Waals surface area contributed by atoms with Crippen LogP contribution < -0.4 is 0 Å². The summed E-state index contributed by atoms with van der Waals surface area (Å²) in [4.78, 5) is 20.6. The van der Waals surface area contributed by atoms with Crippen molar-refractivity contribution in [3.63, 3.8) is 0 Å². The molecule has 16 rings (SSSR count). The van der Waals surface area contributed by atoms with Crippen LogP contribution in [0.3, 0.4) is 0 Å². The summed E-state index contributed by atoms with van der Waals surface area (Å²) in [5.74, 6) is 14.6. The first-order valence-corrected chi connectivity index (χ1v) is 66.3. The van der Waals surface area contributed by atoms with Gasteiger partial charge in [-0.25, -0.2) is 0 Å². The first kappa shape index (κ1) is 148. The molecule has 148 heavy (non-hydrogen) atoms. The van der Waals surface area contributed by atoms with E-state index >= 15 is 0 Å². The number of piperidine rings is 6. The van der Waals surface area contributed by atoms with Crippen molar-refractivity contribution in [3.05, 3.63) is 0 Å². The molecule has 8 saturated carbocycles. The zero-order valence-corrected chi connectivity index (χ0v) is 110. The molecule has 8 nitrogen and oxygen atoms in total. The second-order valence-electron chi connectivity index (χ2n) is 63.4. The lowest BCUT2D eigenvalue weighted by molar-refractivity contribution is 0.110. The molecular formula is C140H290N8. The van der Waals surface area contributed by atoms with Gasteiger partial charge in [0.2, 0.25) is 0 Å². The molecule has 8 heterocycles. The number of hydrogen-bond donors (Lipinski definition) is 0. The molecule has 8 aliphatic heterocycles. The third-order valence-corrected chi connectivity index (χ3v) is 35.0. The van der Waals surface area contributed by atoms with Crippen LogP contribution in [-0.2, 0) is 0 Å². The maximum atomic E-state index is 2.59. The molecule has 16 aliphatic rings. The molecule has 0 bridgehead atoms. The smallest absolute Gasteiger partial charge is 0.0125 e. The second-order valence-corrected chi connectivity index (χ2v) is 63.4. The Morgan fingerprint density at radius 3 is 0.453 bits per heavy atom. The molecule has 8 saturated heterocycles. The van der Waals surface area contributed by atoms with Gasteiger partial charge in [0.15, 0.2) is 0 Å². The standard InChI is InChI=1S/2C10H20.6C9H19N.3C9H18.2C8H17N.C8H16.2C7H14.CH4/c1-10(2,3)9-7-5-4-6-8-9;1-9(2)8-10-6-4-3-5-7-10;3*1-9(2,3)10-7-5-4-6-8-10;3*1-9(2)8-10-6-4-3-5-7-10;1-9(2,3)7-8-5-4-6-8;1-9(2,3)8-6-4-5-7-8;1-8(2)7-9-5-3-4-6-9;1-8(2,3)9-6-4-5-7-9;1-8(2)7-9-5-3-4-6-9;1-8(2,3)7-5-4-6-7;1-7(2,3)6-4-5-6;1-6(2)5-7-3-4-7;/h9H,4-8H2,1-3H3;9-10H,3-8H2,1-2H3;3*4-8H2,1-3H3;3*9H,3-8H2,1-2H3;2*8H,4-7H2,1-3H3;8-9H,3-7H2,1-2H3;4-7H2,1-3H3;8H,3-7H2,1-2H3;7H,4-6H2,1-3H3;6H,4-5H2,1-3H3;6-7H,3-5H2,1-2H3;1H4. The zero-order valence-electron chi connectivity index (χ0n) is 110. The lowest BCUT2D eigenvalue weighted by Crippen LogP contribution is -2.44. The van der Waals surface area contributed by atoms with Crippen LogP contribution in [0.5, 0.6) is 0 Å². The van der Waals surface area contributed by atoms with Crippen molar-refractivity contribution in [2.45, 2.75) is 660 Å². The van der Waals surface area contributed by atoms with Gasteiger partial charge in [0.05, 0.1) is 0 Å². The average Bonchev–Trinajstić information content (AvgIpc) is 1.71. The minimum atomic E-state index is 0. The van der Waals surface area contributed by atoms with Crippen molar-refractivity contribution in [3.8, 4) is 0 Å². The Morgan fingerprint density at radius 1 is 0.162 bits per heavy atom. The van der Waals surface area contributed by atoms with E-state index in [2.05, 4.69) is 323 Å². The highest BCUT2D eigenvalue weighted by Crippen LogP contribution is 2.46. The second kappa shape index (κ2) is 80.5. The van der Waals surface area contributed by atoms with Crippen LogP contribution in [0.25, 0.3) is 0 Å². The van der Waals surface area contributed by atoms with E-state index in [-0.39, 0.29) is 7.43 Å². The van der Waals surface area contributed by atoms with E-state index in [0.717, 1.165) is 88.8 Å². The average molecular weight is 2090 g/mol. The molecule has 0 aromatic heterocycles. The molecule has 0 aromatic rings. The van der Waals surface area contributed by atoms with Gasteiger partial charge < -0.3 is 19.6 Å². The highest BCUT2D eigenvalue weighted by Gasteiger charge is 2.35. The van der Waals surface area contributed by atoms with Crippen molar-refractivity contribution in [2.75, 3.05) is 131 Å². The highest BCUT2D eigenvalue weighted by molar-refractivity contribution is 4.88. The monoisotopic (exact) mass is 2080 g/mol. The molecule has 890 valence electrons. The van der Waals surface area contributed by atoms with E-state index < -0.39 is 0 Å². The van der Waals surface area contributed by atoms with E-state index in [9.17, 15) is 0 Å². The van der Waals surface area contributed by atoms with Crippen LogP contribution in [0.15, 0.2) is 0 Å². The predicted molar refractivity (Wildman–Crippen MR) is 676 cm³/mol. The summed E-state index contributed by atoms with van der Waals surface area (Å²) in [5.41, 5.74) is 4.55. The SMILES string of the molecule is C.CC(C)(C)C1CC1.CC(C)(C)C1CCC1.CC(C)(C)C1CCCC1.CC(C)(C)C1CCCCC1.CC(C)(C)CC1CCC1.CC(C)(C)N1CCCC1.CC(C)(C)N1CCCCC1.CC(C)(C)N1CCCCC1.CC(C)(C)N1CCCCC1.CC(C)CC1CC1.CC(C)CC1CCCC1.CC(C)CC1CCCCC1.CC(C)CN1CCCC1.CC(C)CN1CCCCC1.CC(C)CN1CCCCC1.CC(C)CN1CCCCC1. The number of nitrogens with zero attached hydrogens (tertiary/aromatic N) is 8. The topological polar surface area (TPSA) is 25.9 Å². The van der Waals surface area contributed by atoms with Crippen molar-refractivity contribution >= 4 is 0 Å². The summed E-state index contributed by atoms with van der Waals surface area (Å²) in [6.45, 7) is 122. The molecule has 0 amide bonds. The highest BCUT2D eigenvalue weighted by atomic mass is 15.2. The molecule has 16 fully saturated rings. The summed E-state index contributed by atoms with van der Waals surface area (Å²) in [6.07, 6.45) is 78.8. The fourth-order valence-corrected chi connectivity index (χ4v) is 25.1. The van der Waals surface area contributed by atoms with E-state index in [0.29, 0.717) is 49.2 Å². The molecular weight excluding hydrogens is 1790 g/mol. The Balaban J connectivity index is 0.00000156. The van der Waals surface area contributed by atoms with Crippen LogP contribution >= 0.6 is 0 Å². The quantitative estimate of drug-likeness (QED) is 0.160. The Labute approximate surface area is 940 Å². The number of rotatable bonds is 15. The third kappa shape index (κ3) is 83.9. The van der Waals surface area contributed by atoms with Crippen LogP contribution in [0.2, 0.25) is 0 Å². The predicted octanol–water partition coefficient (Wildman–Crippen LogP) is 42.1. The lowest BCUT2D eigenvalue weighted by Gasteiger charge is -2.38. The Morgan fingerprint density at radius 2 is 0.318 bits per heavy atom. The summed E-state index contributed by atoms with van der Waals surface area (Å²) in [7, 11) is 0. The molecule has 0 unspecified atom stereocenters. The van der Waals surface area contributed by atoms with E-state index in [1.165, 1.54) is 478 Å². The van der Waals surface area contributed by atoms with Gasteiger partial charge in [-0.2, -0.15) is 0 Å². The Kier molecular flexibility index (Phi) is 80.3. The van der Waals surface area contributed by atoms with Gasteiger partial charge in [0.1, 0.15) is 0 Å². The first-order chi connectivity index (χ1) is 68.4. The molecule has 0 radical (unpaired) electrons. The molecule has 8 aliphatic carbocycles. The van der Waals surface area contributed by atoms with Crippen LogP contribution in [0, 0.1) is 116 Å².